The van der Waals surface area contributed by atoms with Gasteiger partial charge >= 0.3 is 29.8 Å². The van der Waals surface area contributed by atoms with Gasteiger partial charge < -0.3 is 28.8 Å². The van der Waals surface area contributed by atoms with Crippen molar-refractivity contribution in [2.75, 3.05) is 0 Å². The average molecular weight is 390 g/mol. The molecular weight excluding hydrogens is 368 g/mol. The van der Waals surface area contributed by atoms with Gasteiger partial charge in [0, 0.05) is 34.6 Å². The van der Waals surface area contributed by atoms with Crippen molar-refractivity contribution in [3.05, 3.63) is 0 Å². The Balaban J connectivity index is 3.46. The molecule has 0 spiro atoms. The van der Waals surface area contributed by atoms with Gasteiger partial charge in [0.15, 0.2) is 30.5 Å². The fraction of sp³-hybridized carbons (Fsp3) is 0.688. The van der Waals surface area contributed by atoms with E-state index in [0.717, 1.165) is 34.6 Å². The van der Waals surface area contributed by atoms with Crippen LogP contribution in [0.25, 0.3) is 0 Å². The van der Waals surface area contributed by atoms with E-state index in [-0.39, 0.29) is 0 Å². The number of rotatable bonds is 5. The van der Waals surface area contributed by atoms with Gasteiger partial charge in [-0.05, 0) is 0 Å². The van der Waals surface area contributed by atoms with Crippen LogP contribution in [0.3, 0.4) is 0 Å². The number of aliphatic hydroxyl groups is 1. The van der Waals surface area contributed by atoms with Gasteiger partial charge in [-0.2, -0.15) is 0 Å². The summed E-state index contributed by atoms with van der Waals surface area (Å²) in [6.45, 7) is 5.21. The van der Waals surface area contributed by atoms with E-state index in [4.69, 9.17) is 23.7 Å². The maximum atomic E-state index is 11.5. The van der Waals surface area contributed by atoms with Crippen molar-refractivity contribution in [2.45, 2.75) is 71.2 Å². The highest BCUT2D eigenvalue weighted by atomic mass is 16.7. The predicted octanol–water partition coefficient (Wildman–Crippen LogP) is -0.981. The Morgan fingerprint density at radius 2 is 0.667 bits per heavy atom. The molecular formula is C16H22O11. The first-order chi connectivity index (χ1) is 12.4. The monoisotopic (exact) mass is 390 g/mol. The molecule has 152 valence electrons. The van der Waals surface area contributed by atoms with Gasteiger partial charge in [0.25, 0.3) is 0 Å². The molecule has 0 radical (unpaired) electrons. The molecule has 1 N–H and O–H groups in total. The summed E-state index contributed by atoms with van der Waals surface area (Å²) >= 11 is 0. The number of carbonyl (C=O) groups excluding carboxylic acids is 5. The number of hydrogen-bond acceptors (Lipinski definition) is 11. The molecule has 1 aliphatic rings. The first kappa shape index (κ1) is 22.4. The summed E-state index contributed by atoms with van der Waals surface area (Å²) in [5.74, 6) is -4.20. The first-order valence-electron chi connectivity index (χ1n) is 7.98. The Bertz CT molecular complexity index is 569. The number of ether oxygens (including phenoxy) is 5. The van der Waals surface area contributed by atoms with Gasteiger partial charge in [-0.1, -0.05) is 0 Å². The molecule has 0 aromatic rings. The third-order valence-corrected chi connectivity index (χ3v) is 3.48. The Kier molecular flexibility index (Phi) is 7.70. The molecule has 0 aromatic heterocycles. The lowest BCUT2D eigenvalue weighted by Gasteiger charge is -2.45. The summed E-state index contributed by atoms with van der Waals surface area (Å²) in [4.78, 5) is 57.4. The van der Waals surface area contributed by atoms with Crippen molar-refractivity contribution in [1.29, 1.82) is 0 Å². The van der Waals surface area contributed by atoms with Gasteiger partial charge in [0.1, 0.15) is 6.10 Å². The summed E-state index contributed by atoms with van der Waals surface area (Å²) in [5, 5.41) is 10.6. The van der Waals surface area contributed by atoms with E-state index in [1.807, 2.05) is 0 Å². The molecule has 0 saturated heterocycles. The number of hydrogen-bond donors (Lipinski definition) is 1. The Morgan fingerprint density at radius 3 is 0.889 bits per heavy atom. The Morgan fingerprint density at radius 1 is 0.481 bits per heavy atom. The number of carbonyl (C=O) groups is 5. The fourth-order valence-electron chi connectivity index (χ4n) is 2.77. The van der Waals surface area contributed by atoms with Crippen LogP contribution in [-0.4, -0.2) is 71.6 Å². The lowest BCUT2D eigenvalue weighted by Crippen LogP contribution is -2.68. The minimum atomic E-state index is -1.74. The predicted molar refractivity (Wildman–Crippen MR) is 83.8 cm³/mol. The smallest absolute Gasteiger partial charge is 0.303 e. The second-order valence-electron chi connectivity index (χ2n) is 5.86. The molecule has 0 heterocycles. The minimum absolute atomic E-state index is 0.839. The second-order valence-corrected chi connectivity index (χ2v) is 5.86. The zero-order valence-corrected chi connectivity index (χ0v) is 15.5. The van der Waals surface area contributed by atoms with Crippen molar-refractivity contribution in [3.8, 4) is 0 Å². The maximum absolute atomic E-state index is 11.5. The molecule has 0 aliphatic heterocycles. The van der Waals surface area contributed by atoms with Crippen molar-refractivity contribution in [2.24, 2.45) is 0 Å². The Labute approximate surface area is 154 Å². The molecule has 1 fully saturated rings. The van der Waals surface area contributed by atoms with Crippen molar-refractivity contribution >= 4 is 29.8 Å². The summed E-state index contributed by atoms with van der Waals surface area (Å²) in [6.07, 6.45) is -9.37. The highest BCUT2D eigenvalue weighted by Gasteiger charge is 2.58. The van der Waals surface area contributed by atoms with Crippen molar-refractivity contribution < 1.29 is 52.8 Å². The van der Waals surface area contributed by atoms with Crippen LogP contribution in [0.2, 0.25) is 0 Å². The molecule has 0 bridgehead atoms. The summed E-state index contributed by atoms with van der Waals surface area (Å²) in [5.41, 5.74) is 0. The lowest BCUT2D eigenvalue weighted by atomic mass is 9.84. The van der Waals surface area contributed by atoms with Gasteiger partial charge in [0.05, 0.1) is 0 Å². The van der Waals surface area contributed by atoms with E-state index in [1.165, 1.54) is 0 Å². The normalized spacial score (nSPS) is 29.9. The van der Waals surface area contributed by atoms with Crippen LogP contribution in [0.4, 0.5) is 0 Å². The third kappa shape index (κ3) is 6.20. The quantitative estimate of drug-likeness (QED) is 0.455. The van der Waals surface area contributed by atoms with Gasteiger partial charge in [-0.25, -0.2) is 0 Å². The summed E-state index contributed by atoms with van der Waals surface area (Å²) in [7, 11) is 0. The molecule has 0 aromatic carbocycles. The highest BCUT2D eigenvalue weighted by molar-refractivity contribution is 5.70. The molecule has 1 saturated carbocycles. The van der Waals surface area contributed by atoms with E-state index in [1.54, 1.807) is 0 Å². The molecule has 27 heavy (non-hydrogen) atoms. The molecule has 11 heteroatoms. The summed E-state index contributed by atoms with van der Waals surface area (Å²) in [6, 6.07) is 0. The maximum Gasteiger partial charge on any atom is 0.303 e. The van der Waals surface area contributed by atoms with E-state index in [0.29, 0.717) is 0 Å². The third-order valence-electron chi connectivity index (χ3n) is 3.48. The topological polar surface area (TPSA) is 152 Å². The minimum Gasteiger partial charge on any atom is -0.455 e. The van der Waals surface area contributed by atoms with Crippen LogP contribution >= 0.6 is 0 Å². The zero-order chi connectivity index (χ0) is 20.9. The van der Waals surface area contributed by atoms with Crippen LogP contribution in [0.1, 0.15) is 34.6 Å². The van der Waals surface area contributed by atoms with E-state index in [9.17, 15) is 29.1 Å². The SMILES string of the molecule is CC(=O)OC1C(O)C(OC(C)=O)[C@H](OC(C)=O)C(OC(C)=O)C1OC(C)=O. The Hall–Kier alpha value is -2.69. The van der Waals surface area contributed by atoms with Gasteiger partial charge in [-0.15, -0.1) is 0 Å². The van der Waals surface area contributed by atoms with Gasteiger partial charge in [0.2, 0.25) is 0 Å². The first-order valence-corrected chi connectivity index (χ1v) is 7.98. The van der Waals surface area contributed by atoms with E-state index >= 15 is 0 Å². The molecule has 6 atom stereocenters. The molecule has 1 rings (SSSR count). The zero-order valence-electron chi connectivity index (χ0n) is 15.5. The van der Waals surface area contributed by atoms with Crippen LogP contribution < -0.4 is 0 Å². The fourth-order valence-corrected chi connectivity index (χ4v) is 2.77. The van der Waals surface area contributed by atoms with E-state index < -0.39 is 66.5 Å². The van der Waals surface area contributed by atoms with Crippen LogP contribution in [-0.2, 0) is 47.7 Å². The molecule has 5 unspecified atom stereocenters. The van der Waals surface area contributed by atoms with Crippen molar-refractivity contribution in [1.82, 2.24) is 0 Å². The number of aliphatic hydroxyl groups excluding tert-OH is 1. The van der Waals surface area contributed by atoms with Gasteiger partial charge in [-0.3, -0.25) is 24.0 Å². The van der Waals surface area contributed by atoms with Crippen LogP contribution in [0, 0.1) is 0 Å². The lowest BCUT2D eigenvalue weighted by molar-refractivity contribution is -0.255. The van der Waals surface area contributed by atoms with Crippen LogP contribution in [0.15, 0.2) is 0 Å². The molecule has 11 nitrogen and oxygen atoms in total. The molecule has 0 amide bonds. The second kappa shape index (κ2) is 9.31. The van der Waals surface area contributed by atoms with E-state index in [2.05, 4.69) is 0 Å². The standard InChI is InChI=1S/C16H22O11/c1-6(17)23-12-11(22)13(24-7(2)18)15(26-9(4)20)16(27-10(5)21)14(12)25-8(3)19/h11-16,22H,1-5H3/t11?,12?,13?,14-,15?,16?/m0/s1. The highest BCUT2D eigenvalue weighted by Crippen LogP contribution is 2.32. The number of esters is 5. The summed E-state index contributed by atoms with van der Waals surface area (Å²) < 4.78 is 25.2. The largest absolute Gasteiger partial charge is 0.455 e. The molecule has 1 aliphatic carbocycles. The van der Waals surface area contributed by atoms with Crippen molar-refractivity contribution in [3.63, 3.8) is 0 Å². The van der Waals surface area contributed by atoms with Crippen LogP contribution in [0.5, 0.6) is 0 Å². The average Bonchev–Trinajstić information content (AvgIpc) is 2.49.